The highest BCUT2D eigenvalue weighted by Gasteiger charge is 2.27. The third-order valence-corrected chi connectivity index (χ3v) is 6.86. The van der Waals surface area contributed by atoms with Gasteiger partial charge in [0.05, 0.1) is 9.92 Å². The van der Waals surface area contributed by atoms with Gasteiger partial charge in [-0.2, -0.15) is 0 Å². The van der Waals surface area contributed by atoms with Crippen LogP contribution >= 0.6 is 22.9 Å². The van der Waals surface area contributed by atoms with E-state index in [1.165, 1.54) is 35.6 Å². The molecule has 0 saturated heterocycles. The van der Waals surface area contributed by atoms with Gasteiger partial charge < -0.3 is 0 Å². The van der Waals surface area contributed by atoms with Crippen molar-refractivity contribution in [2.24, 2.45) is 0 Å². The maximum atomic E-state index is 13.2. The highest BCUT2D eigenvalue weighted by molar-refractivity contribution is 7.92. The van der Waals surface area contributed by atoms with E-state index in [1.807, 2.05) is 0 Å². The third kappa shape index (κ3) is 4.55. The molecule has 0 aliphatic heterocycles. The molecule has 1 aliphatic carbocycles. The number of sulfonamides is 1. The van der Waals surface area contributed by atoms with E-state index in [4.69, 9.17) is 11.6 Å². The minimum absolute atomic E-state index is 0.173. The minimum atomic E-state index is -3.95. The van der Waals surface area contributed by atoms with Crippen LogP contribution in [0.1, 0.15) is 34.1 Å². The average Bonchev–Trinajstić information content (AvgIpc) is 3.43. The van der Waals surface area contributed by atoms with Crippen LogP contribution in [0.25, 0.3) is 0 Å². The first-order valence-electron chi connectivity index (χ1n) is 8.54. The van der Waals surface area contributed by atoms with Crippen LogP contribution < -0.4 is 10.0 Å². The molecule has 4 rings (SSSR count). The minimum Gasteiger partial charge on any atom is -0.296 e. The van der Waals surface area contributed by atoms with Crippen LogP contribution in [-0.4, -0.2) is 24.5 Å². The Morgan fingerprint density at radius 1 is 1.14 bits per heavy atom. The first-order chi connectivity index (χ1) is 13.8. The predicted octanol–water partition coefficient (Wildman–Crippen LogP) is 4.26. The van der Waals surface area contributed by atoms with Crippen molar-refractivity contribution in [2.75, 3.05) is 10.0 Å². The number of benzene rings is 2. The van der Waals surface area contributed by atoms with Gasteiger partial charge in [-0.15, -0.1) is 10.2 Å². The van der Waals surface area contributed by atoms with Gasteiger partial charge in [-0.05, 0) is 55.3 Å². The lowest BCUT2D eigenvalue weighted by molar-refractivity contribution is 0.102. The van der Waals surface area contributed by atoms with E-state index in [0.717, 1.165) is 36.0 Å². The third-order valence-electron chi connectivity index (χ3n) is 4.19. The summed E-state index contributed by atoms with van der Waals surface area (Å²) in [5, 5.41) is 11.8. The Morgan fingerprint density at radius 2 is 1.86 bits per heavy atom. The Labute approximate surface area is 175 Å². The van der Waals surface area contributed by atoms with Gasteiger partial charge in [0.2, 0.25) is 5.13 Å². The summed E-state index contributed by atoms with van der Waals surface area (Å²) in [6, 6.07) is 8.98. The van der Waals surface area contributed by atoms with Crippen molar-refractivity contribution in [3.8, 4) is 0 Å². The summed E-state index contributed by atoms with van der Waals surface area (Å²) in [5.41, 5.74) is 0.579. The van der Waals surface area contributed by atoms with Crippen LogP contribution in [-0.2, 0) is 10.0 Å². The molecule has 0 atom stereocenters. The zero-order valence-electron chi connectivity index (χ0n) is 14.7. The number of nitrogens with one attached hydrogen (secondary N) is 2. The Hall–Kier alpha value is -2.56. The Kier molecular flexibility index (Phi) is 5.24. The number of hydrogen-bond acceptors (Lipinski definition) is 6. The Bertz CT molecular complexity index is 1180. The molecule has 2 N–H and O–H groups in total. The van der Waals surface area contributed by atoms with Crippen LogP contribution in [0.15, 0.2) is 47.4 Å². The standard InChI is InChI=1S/C18H14ClFN4O3S2/c19-14-9-13(7-8-15(14)20)29(26,27)24-12-5-3-10(4-6-12)16(25)21-18-23-22-17(28-18)11-1-2-11/h3-9,11,24H,1-2H2,(H,21,23,25). The number of rotatable bonds is 6. The van der Waals surface area contributed by atoms with Gasteiger partial charge >= 0.3 is 0 Å². The lowest BCUT2D eigenvalue weighted by atomic mass is 10.2. The molecule has 29 heavy (non-hydrogen) atoms. The number of aromatic nitrogens is 2. The smallest absolute Gasteiger partial charge is 0.261 e. The summed E-state index contributed by atoms with van der Waals surface area (Å²) in [6.45, 7) is 0. The fourth-order valence-corrected chi connectivity index (χ4v) is 4.73. The second-order valence-electron chi connectivity index (χ2n) is 6.43. The molecule has 1 fully saturated rings. The Balaban J connectivity index is 1.43. The Morgan fingerprint density at radius 3 is 2.52 bits per heavy atom. The van der Waals surface area contributed by atoms with Crippen LogP contribution in [0.4, 0.5) is 15.2 Å². The number of anilines is 2. The lowest BCUT2D eigenvalue weighted by Gasteiger charge is -2.09. The van der Waals surface area contributed by atoms with Crippen molar-refractivity contribution < 1.29 is 17.6 Å². The molecule has 2 aromatic carbocycles. The molecule has 1 heterocycles. The van der Waals surface area contributed by atoms with Gasteiger partial charge in [0, 0.05) is 17.2 Å². The monoisotopic (exact) mass is 452 g/mol. The zero-order valence-corrected chi connectivity index (χ0v) is 17.1. The summed E-state index contributed by atoms with van der Waals surface area (Å²) in [7, 11) is -3.95. The molecule has 1 aliphatic rings. The van der Waals surface area contributed by atoms with E-state index >= 15 is 0 Å². The molecule has 0 radical (unpaired) electrons. The van der Waals surface area contributed by atoms with E-state index in [1.54, 1.807) is 0 Å². The van der Waals surface area contributed by atoms with E-state index in [0.29, 0.717) is 16.6 Å². The first-order valence-corrected chi connectivity index (χ1v) is 11.2. The molecule has 11 heteroatoms. The van der Waals surface area contributed by atoms with Crippen LogP contribution in [0, 0.1) is 5.82 Å². The number of halogens is 2. The molecular weight excluding hydrogens is 439 g/mol. The summed E-state index contributed by atoms with van der Waals surface area (Å²) in [4.78, 5) is 12.2. The van der Waals surface area contributed by atoms with Gasteiger partial charge in [0.15, 0.2) is 0 Å². The number of nitrogens with zero attached hydrogens (tertiary/aromatic N) is 2. The lowest BCUT2D eigenvalue weighted by Crippen LogP contribution is -2.14. The predicted molar refractivity (Wildman–Crippen MR) is 108 cm³/mol. The SMILES string of the molecule is O=C(Nc1nnc(C2CC2)s1)c1ccc(NS(=O)(=O)c2ccc(F)c(Cl)c2)cc1. The van der Waals surface area contributed by atoms with Crippen molar-refractivity contribution in [2.45, 2.75) is 23.7 Å². The van der Waals surface area contributed by atoms with E-state index in [9.17, 15) is 17.6 Å². The van der Waals surface area contributed by atoms with E-state index in [2.05, 4.69) is 20.2 Å². The molecule has 7 nitrogen and oxygen atoms in total. The molecule has 3 aromatic rings. The van der Waals surface area contributed by atoms with Crippen LogP contribution in [0.2, 0.25) is 5.02 Å². The molecule has 0 unspecified atom stereocenters. The highest BCUT2D eigenvalue weighted by Crippen LogP contribution is 2.42. The average molecular weight is 453 g/mol. The first kappa shape index (κ1) is 19.7. The van der Waals surface area contributed by atoms with Crippen molar-refractivity contribution in [3.05, 3.63) is 63.9 Å². The summed E-state index contributed by atoms with van der Waals surface area (Å²) >= 11 is 7.00. The van der Waals surface area contributed by atoms with Crippen LogP contribution in [0.3, 0.4) is 0 Å². The van der Waals surface area contributed by atoms with Gasteiger partial charge in [-0.1, -0.05) is 22.9 Å². The molecule has 0 bridgehead atoms. The zero-order chi connectivity index (χ0) is 20.6. The van der Waals surface area contributed by atoms with E-state index in [-0.39, 0.29) is 21.5 Å². The number of amides is 1. The molecule has 1 aromatic heterocycles. The maximum absolute atomic E-state index is 13.2. The fraction of sp³-hybridized carbons (Fsp3) is 0.167. The summed E-state index contributed by atoms with van der Waals surface area (Å²) in [5.74, 6) is -0.620. The largest absolute Gasteiger partial charge is 0.296 e. The molecular formula is C18H14ClFN4O3S2. The van der Waals surface area contributed by atoms with Crippen molar-refractivity contribution in [1.82, 2.24) is 10.2 Å². The summed E-state index contributed by atoms with van der Waals surface area (Å²) in [6.07, 6.45) is 2.20. The van der Waals surface area contributed by atoms with Gasteiger partial charge in [0.25, 0.3) is 15.9 Å². The topological polar surface area (TPSA) is 101 Å². The number of hydrogen-bond donors (Lipinski definition) is 2. The second-order valence-corrected chi connectivity index (χ2v) is 9.53. The van der Waals surface area contributed by atoms with Crippen molar-refractivity contribution in [1.29, 1.82) is 0 Å². The highest BCUT2D eigenvalue weighted by atomic mass is 35.5. The maximum Gasteiger partial charge on any atom is 0.261 e. The molecule has 150 valence electrons. The molecule has 1 saturated carbocycles. The van der Waals surface area contributed by atoms with Crippen molar-refractivity contribution >= 4 is 49.7 Å². The molecule has 1 amide bonds. The number of carbonyl (C=O) groups excluding carboxylic acids is 1. The molecule has 0 spiro atoms. The summed E-state index contributed by atoms with van der Waals surface area (Å²) < 4.78 is 40.4. The van der Waals surface area contributed by atoms with Crippen molar-refractivity contribution in [3.63, 3.8) is 0 Å². The van der Waals surface area contributed by atoms with Gasteiger partial charge in [0.1, 0.15) is 10.8 Å². The second kappa shape index (κ2) is 7.69. The fourth-order valence-electron chi connectivity index (χ4n) is 2.50. The van der Waals surface area contributed by atoms with Crippen LogP contribution in [0.5, 0.6) is 0 Å². The van der Waals surface area contributed by atoms with Gasteiger partial charge in [-0.25, -0.2) is 12.8 Å². The quantitative estimate of drug-likeness (QED) is 0.581. The normalized spacial score (nSPS) is 13.9. The van der Waals surface area contributed by atoms with Gasteiger partial charge in [-0.3, -0.25) is 14.8 Å². The van der Waals surface area contributed by atoms with E-state index < -0.39 is 15.8 Å². The number of carbonyl (C=O) groups is 1.